The van der Waals surface area contributed by atoms with Crippen LogP contribution in [0.3, 0.4) is 0 Å². The molecule has 0 fully saturated rings. The largest absolute Gasteiger partial charge is 0.196 e. The predicted octanol–water partition coefficient (Wildman–Crippen LogP) is 7.10. The van der Waals surface area contributed by atoms with Crippen LogP contribution < -0.4 is 4.57 Å². The topological polar surface area (TPSA) is 3.88 Å². The minimum Gasteiger partial charge on any atom is -0.196 e. The molecule has 0 bridgehead atoms. The van der Waals surface area contributed by atoms with Crippen LogP contribution in [0.2, 0.25) is 0 Å². The molecule has 0 atom stereocenters. The van der Waals surface area contributed by atoms with Crippen molar-refractivity contribution < 1.29 is 4.57 Å². The number of hydrogen-bond acceptors (Lipinski definition) is 0. The van der Waals surface area contributed by atoms with Gasteiger partial charge in [0, 0.05) is 31.5 Å². The molecule has 0 N–H and O–H groups in total. The number of aryl methyl sites for hydroxylation is 3. The number of pyridine rings is 1. The Hall–Kier alpha value is -1.63. The molecule has 0 aliphatic heterocycles. The van der Waals surface area contributed by atoms with Crippen LogP contribution in [0.25, 0.3) is 0 Å². The van der Waals surface area contributed by atoms with Crippen LogP contribution >= 0.6 is 0 Å². The van der Waals surface area contributed by atoms with E-state index in [9.17, 15) is 0 Å². The number of benzene rings is 1. The number of hydrogen-bond donors (Lipinski definition) is 0. The molecule has 1 aromatic heterocycles. The lowest BCUT2D eigenvalue weighted by Crippen LogP contribution is -2.40. The Bertz CT molecular complexity index is 622. The fourth-order valence-corrected chi connectivity index (χ4v) is 3.84. The minimum absolute atomic E-state index is 0.969. The van der Waals surface area contributed by atoms with Gasteiger partial charge >= 0.3 is 0 Å². The summed E-state index contributed by atoms with van der Waals surface area (Å²) < 4.78 is 2.39. The highest BCUT2D eigenvalue weighted by atomic mass is 15.0. The summed E-state index contributed by atoms with van der Waals surface area (Å²) in [5, 5.41) is 0. The van der Waals surface area contributed by atoms with Crippen molar-refractivity contribution >= 4 is 0 Å². The molecular formula is C26H40N+. The first-order valence-electron chi connectivity index (χ1n) is 11.2. The van der Waals surface area contributed by atoms with Gasteiger partial charge < -0.3 is 0 Å². The maximum absolute atomic E-state index is 2.39. The van der Waals surface area contributed by atoms with Crippen molar-refractivity contribution in [3.05, 3.63) is 65.0 Å². The minimum atomic E-state index is 0.969. The van der Waals surface area contributed by atoms with Crippen molar-refractivity contribution in [3.8, 4) is 0 Å². The summed E-state index contributed by atoms with van der Waals surface area (Å²) in [6.45, 7) is 7.63. The van der Waals surface area contributed by atoms with E-state index in [1.165, 1.54) is 93.1 Å². The van der Waals surface area contributed by atoms with Gasteiger partial charge in [0.1, 0.15) is 0 Å². The van der Waals surface area contributed by atoms with E-state index in [-0.39, 0.29) is 0 Å². The lowest BCUT2D eigenvalue weighted by atomic mass is 10.0. The lowest BCUT2D eigenvalue weighted by molar-refractivity contribution is -0.700. The molecule has 148 valence electrons. The number of aromatic nitrogens is 1. The Morgan fingerprint density at radius 1 is 0.593 bits per heavy atom. The third-order valence-corrected chi connectivity index (χ3v) is 5.71. The molecule has 0 aliphatic rings. The van der Waals surface area contributed by atoms with Crippen LogP contribution in [0.4, 0.5) is 0 Å². The smallest absolute Gasteiger partial charge is 0.178 e. The number of nitrogens with zero attached hydrogens (tertiary/aromatic N) is 1. The van der Waals surface area contributed by atoms with Crippen LogP contribution in [0.1, 0.15) is 93.6 Å². The van der Waals surface area contributed by atoms with Gasteiger partial charge in [0.2, 0.25) is 0 Å². The molecule has 2 rings (SSSR count). The van der Waals surface area contributed by atoms with Crippen LogP contribution in [-0.4, -0.2) is 0 Å². The standard InChI is InChI=1S/C26H40N/c1-4-5-6-7-8-9-10-11-12-13-17-25-18-20-26(21-19-25)22-27-23(2)15-14-16-24(27)3/h14-16,18-21H,4-13,17,22H2,1-3H3/q+1. The van der Waals surface area contributed by atoms with Gasteiger partial charge in [-0.1, -0.05) is 89.0 Å². The van der Waals surface area contributed by atoms with Crippen molar-refractivity contribution in [2.45, 2.75) is 97.9 Å². The summed E-state index contributed by atoms with van der Waals surface area (Å²) in [4.78, 5) is 0. The van der Waals surface area contributed by atoms with Crippen LogP contribution in [0.5, 0.6) is 0 Å². The zero-order valence-electron chi connectivity index (χ0n) is 18.0. The molecule has 0 aliphatic carbocycles. The second kappa shape index (κ2) is 12.7. The molecule has 1 nitrogen and oxygen atoms in total. The van der Waals surface area contributed by atoms with Crippen LogP contribution in [0.15, 0.2) is 42.5 Å². The molecule has 27 heavy (non-hydrogen) atoms. The quantitative estimate of drug-likeness (QED) is 0.263. The second-order valence-electron chi connectivity index (χ2n) is 8.14. The van der Waals surface area contributed by atoms with Gasteiger partial charge in [0.25, 0.3) is 0 Å². The first-order chi connectivity index (χ1) is 13.2. The van der Waals surface area contributed by atoms with E-state index >= 15 is 0 Å². The van der Waals surface area contributed by atoms with Gasteiger partial charge in [-0.25, -0.2) is 0 Å². The molecule has 0 spiro atoms. The highest BCUT2D eigenvalue weighted by Gasteiger charge is 2.10. The van der Waals surface area contributed by atoms with Crippen molar-refractivity contribution in [3.63, 3.8) is 0 Å². The Morgan fingerprint density at radius 2 is 1.07 bits per heavy atom. The maximum Gasteiger partial charge on any atom is 0.178 e. The summed E-state index contributed by atoms with van der Waals surface area (Å²) in [6.07, 6.45) is 15.3. The van der Waals surface area contributed by atoms with Crippen LogP contribution in [-0.2, 0) is 13.0 Å². The lowest BCUT2D eigenvalue weighted by Gasteiger charge is -2.06. The highest BCUT2D eigenvalue weighted by Crippen LogP contribution is 2.13. The van der Waals surface area contributed by atoms with Crippen molar-refractivity contribution in [2.75, 3.05) is 0 Å². The van der Waals surface area contributed by atoms with Gasteiger partial charge in [-0.15, -0.1) is 0 Å². The number of unbranched alkanes of at least 4 members (excludes halogenated alkanes) is 9. The molecular weight excluding hydrogens is 326 g/mol. The summed E-state index contributed by atoms with van der Waals surface area (Å²) >= 11 is 0. The maximum atomic E-state index is 2.39. The molecule has 2 aromatic rings. The first-order valence-corrected chi connectivity index (χ1v) is 11.2. The van der Waals surface area contributed by atoms with Crippen molar-refractivity contribution in [2.24, 2.45) is 0 Å². The monoisotopic (exact) mass is 366 g/mol. The normalized spacial score (nSPS) is 11.1. The van der Waals surface area contributed by atoms with Crippen molar-refractivity contribution in [1.29, 1.82) is 0 Å². The van der Waals surface area contributed by atoms with Crippen molar-refractivity contribution in [1.82, 2.24) is 0 Å². The van der Waals surface area contributed by atoms with E-state index in [0.717, 1.165) is 6.54 Å². The molecule has 0 saturated carbocycles. The van der Waals surface area contributed by atoms with E-state index in [2.05, 4.69) is 67.8 Å². The van der Waals surface area contributed by atoms with E-state index in [1.807, 2.05) is 0 Å². The SMILES string of the molecule is CCCCCCCCCCCCc1ccc(C[n+]2c(C)cccc2C)cc1. The van der Waals surface area contributed by atoms with E-state index in [1.54, 1.807) is 0 Å². The molecule has 0 saturated heterocycles. The molecule has 1 heterocycles. The fourth-order valence-electron chi connectivity index (χ4n) is 3.84. The summed E-state index contributed by atoms with van der Waals surface area (Å²) in [5.74, 6) is 0. The predicted molar refractivity (Wildman–Crippen MR) is 117 cm³/mol. The van der Waals surface area contributed by atoms with Gasteiger partial charge in [0.05, 0.1) is 0 Å². The number of rotatable bonds is 13. The Morgan fingerprint density at radius 3 is 1.63 bits per heavy atom. The average Bonchev–Trinajstić information content (AvgIpc) is 2.67. The summed E-state index contributed by atoms with van der Waals surface area (Å²) in [7, 11) is 0. The Balaban J connectivity index is 1.62. The van der Waals surface area contributed by atoms with Crippen LogP contribution in [0, 0.1) is 13.8 Å². The van der Waals surface area contributed by atoms with E-state index < -0.39 is 0 Å². The third kappa shape index (κ3) is 8.28. The molecule has 0 amide bonds. The molecule has 0 unspecified atom stereocenters. The van der Waals surface area contributed by atoms with Gasteiger partial charge in [0.15, 0.2) is 17.9 Å². The Kier molecular flexibility index (Phi) is 10.2. The fraction of sp³-hybridized carbons (Fsp3) is 0.577. The molecule has 0 radical (unpaired) electrons. The zero-order valence-corrected chi connectivity index (χ0v) is 18.0. The molecule has 1 heteroatoms. The summed E-state index contributed by atoms with van der Waals surface area (Å²) in [6, 6.07) is 15.8. The highest BCUT2D eigenvalue weighted by molar-refractivity contribution is 5.22. The Labute approximate surface area is 167 Å². The zero-order chi connectivity index (χ0) is 19.3. The van der Waals surface area contributed by atoms with E-state index in [0.29, 0.717) is 0 Å². The summed E-state index contributed by atoms with van der Waals surface area (Å²) in [5.41, 5.74) is 5.53. The van der Waals surface area contributed by atoms with Gasteiger partial charge in [-0.05, 0) is 24.5 Å². The second-order valence-corrected chi connectivity index (χ2v) is 8.14. The van der Waals surface area contributed by atoms with E-state index in [4.69, 9.17) is 0 Å². The van der Waals surface area contributed by atoms with Gasteiger partial charge in [-0.2, -0.15) is 4.57 Å². The van der Waals surface area contributed by atoms with Gasteiger partial charge in [-0.3, -0.25) is 0 Å². The molecule has 1 aromatic carbocycles. The first kappa shape index (κ1) is 21.7. The third-order valence-electron chi connectivity index (χ3n) is 5.71. The average molecular weight is 367 g/mol.